The van der Waals surface area contributed by atoms with Gasteiger partial charge in [0.25, 0.3) is 0 Å². The first-order valence-electron chi connectivity index (χ1n) is 6.66. The lowest BCUT2D eigenvalue weighted by atomic mass is 10.1. The van der Waals surface area contributed by atoms with E-state index in [-0.39, 0.29) is 0 Å². The molecule has 2 rings (SSSR count). The van der Waals surface area contributed by atoms with Gasteiger partial charge in [-0.15, -0.1) is 0 Å². The Bertz CT molecular complexity index is 567. The van der Waals surface area contributed by atoms with Crippen LogP contribution in [0.1, 0.15) is 36.6 Å². The van der Waals surface area contributed by atoms with E-state index in [1.54, 1.807) is 0 Å². The second-order valence-corrected chi connectivity index (χ2v) is 5.45. The molecule has 2 aromatic rings. The van der Waals surface area contributed by atoms with E-state index in [9.17, 15) is 0 Å². The second kappa shape index (κ2) is 6.73. The minimum atomic E-state index is 0.347. The van der Waals surface area contributed by atoms with E-state index in [0.29, 0.717) is 24.9 Å². The normalized spacial score (nSPS) is 10.8. The molecule has 1 aromatic carbocycles. The van der Waals surface area contributed by atoms with Crippen molar-refractivity contribution < 1.29 is 4.74 Å². The summed E-state index contributed by atoms with van der Waals surface area (Å²) in [5.74, 6) is 0.964. The smallest absolute Gasteiger partial charge is 0.214 e. The van der Waals surface area contributed by atoms with Crippen molar-refractivity contribution in [3.05, 3.63) is 58.2 Å². The van der Waals surface area contributed by atoms with Gasteiger partial charge in [0.2, 0.25) is 5.88 Å². The lowest BCUT2D eigenvalue weighted by Gasteiger charge is -2.11. The first-order chi connectivity index (χ1) is 9.58. The van der Waals surface area contributed by atoms with Gasteiger partial charge in [0.1, 0.15) is 6.61 Å². The largest absolute Gasteiger partial charge is 0.473 e. The molecule has 0 atom stereocenters. The van der Waals surface area contributed by atoms with Crippen LogP contribution >= 0.6 is 11.6 Å². The van der Waals surface area contributed by atoms with Crippen molar-refractivity contribution in [1.29, 1.82) is 0 Å². The molecule has 0 saturated carbocycles. The zero-order valence-electron chi connectivity index (χ0n) is 11.8. The van der Waals surface area contributed by atoms with Gasteiger partial charge in [-0.05, 0) is 35.2 Å². The van der Waals surface area contributed by atoms with Crippen LogP contribution in [-0.4, -0.2) is 4.98 Å². The standard InChI is InChI=1S/C16H19ClN2O/c1-11(2)15-7-13(9-18)8-16(19-15)20-10-12-3-5-14(17)6-4-12/h3-8,11H,9-10,18H2,1-2H3. The number of pyridine rings is 1. The molecule has 0 amide bonds. The highest BCUT2D eigenvalue weighted by Gasteiger charge is 2.07. The molecule has 3 nitrogen and oxygen atoms in total. The fourth-order valence-corrected chi connectivity index (χ4v) is 1.93. The number of halogens is 1. The Morgan fingerprint density at radius 2 is 1.85 bits per heavy atom. The summed E-state index contributed by atoms with van der Waals surface area (Å²) in [6, 6.07) is 11.5. The summed E-state index contributed by atoms with van der Waals surface area (Å²) in [6.45, 7) is 5.16. The van der Waals surface area contributed by atoms with E-state index in [0.717, 1.165) is 21.8 Å². The number of benzene rings is 1. The summed E-state index contributed by atoms with van der Waals surface area (Å²) >= 11 is 5.86. The van der Waals surface area contributed by atoms with E-state index < -0.39 is 0 Å². The lowest BCUT2D eigenvalue weighted by molar-refractivity contribution is 0.292. The Labute approximate surface area is 124 Å². The number of hydrogen-bond acceptors (Lipinski definition) is 3. The minimum absolute atomic E-state index is 0.347. The number of ether oxygens (including phenoxy) is 1. The molecule has 1 aromatic heterocycles. The Kier molecular flexibility index (Phi) is 4.99. The van der Waals surface area contributed by atoms with Crippen LogP contribution in [0.25, 0.3) is 0 Å². The zero-order valence-corrected chi connectivity index (χ0v) is 12.5. The van der Waals surface area contributed by atoms with Crippen LogP contribution in [0.3, 0.4) is 0 Å². The molecule has 2 N–H and O–H groups in total. The molecular weight excluding hydrogens is 272 g/mol. The van der Waals surface area contributed by atoms with Gasteiger partial charge in [-0.2, -0.15) is 0 Å². The average Bonchev–Trinajstić information content (AvgIpc) is 2.46. The van der Waals surface area contributed by atoms with Gasteiger partial charge in [-0.3, -0.25) is 0 Å². The topological polar surface area (TPSA) is 48.1 Å². The van der Waals surface area contributed by atoms with E-state index in [1.165, 1.54) is 0 Å². The Morgan fingerprint density at radius 1 is 1.15 bits per heavy atom. The molecule has 0 saturated heterocycles. The van der Waals surface area contributed by atoms with Gasteiger partial charge >= 0.3 is 0 Å². The predicted molar refractivity (Wildman–Crippen MR) is 82.0 cm³/mol. The molecule has 0 radical (unpaired) electrons. The van der Waals surface area contributed by atoms with Gasteiger partial charge < -0.3 is 10.5 Å². The summed E-state index contributed by atoms with van der Waals surface area (Å²) in [5, 5.41) is 0.721. The highest BCUT2D eigenvalue weighted by atomic mass is 35.5. The molecule has 0 bridgehead atoms. The third-order valence-corrected chi connectivity index (χ3v) is 3.26. The molecule has 0 aliphatic heterocycles. The Hall–Kier alpha value is -1.58. The maximum Gasteiger partial charge on any atom is 0.214 e. The molecule has 0 fully saturated rings. The highest BCUT2D eigenvalue weighted by molar-refractivity contribution is 6.30. The third kappa shape index (κ3) is 3.95. The van der Waals surface area contributed by atoms with Crippen LogP contribution in [0.2, 0.25) is 5.02 Å². The molecule has 4 heteroatoms. The molecule has 0 spiro atoms. The average molecular weight is 291 g/mol. The van der Waals surface area contributed by atoms with Gasteiger partial charge in [0, 0.05) is 23.3 Å². The summed E-state index contributed by atoms with van der Waals surface area (Å²) in [6.07, 6.45) is 0. The van der Waals surface area contributed by atoms with Gasteiger partial charge in [-0.25, -0.2) is 4.98 Å². The monoisotopic (exact) mass is 290 g/mol. The lowest BCUT2D eigenvalue weighted by Crippen LogP contribution is -2.04. The molecule has 20 heavy (non-hydrogen) atoms. The molecular formula is C16H19ClN2O. The fraction of sp³-hybridized carbons (Fsp3) is 0.312. The van der Waals surface area contributed by atoms with E-state index in [2.05, 4.69) is 18.8 Å². The van der Waals surface area contributed by atoms with Crippen LogP contribution in [0.5, 0.6) is 5.88 Å². The molecule has 0 aliphatic rings. The van der Waals surface area contributed by atoms with Gasteiger partial charge in [0.15, 0.2) is 0 Å². The predicted octanol–water partition coefficient (Wildman–Crippen LogP) is 3.90. The molecule has 0 unspecified atom stereocenters. The van der Waals surface area contributed by atoms with Crippen LogP contribution in [0, 0.1) is 0 Å². The Morgan fingerprint density at radius 3 is 2.45 bits per heavy atom. The van der Waals surface area contributed by atoms with Crippen molar-refractivity contribution in [3.63, 3.8) is 0 Å². The second-order valence-electron chi connectivity index (χ2n) is 5.01. The number of nitrogens with zero attached hydrogens (tertiary/aromatic N) is 1. The number of aromatic nitrogens is 1. The van der Waals surface area contributed by atoms with Crippen LogP contribution < -0.4 is 10.5 Å². The van der Waals surface area contributed by atoms with Gasteiger partial charge in [0.05, 0.1) is 0 Å². The van der Waals surface area contributed by atoms with Crippen molar-refractivity contribution in [1.82, 2.24) is 4.98 Å². The van der Waals surface area contributed by atoms with Crippen molar-refractivity contribution >= 4 is 11.6 Å². The summed E-state index contributed by atoms with van der Waals surface area (Å²) < 4.78 is 5.76. The number of hydrogen-bond donors (Lipinski definition) is 1. The van der Waals surface area contributed by atoms with Crippen LogP contribution in [0.4, 0.5) is 0 Å². The van der Waals surface area contributed by atoms with Crippen molar-refractivity contribution in [2.45, 2.75) is 32.9 Å². The van der Waals surface area contributed by atoms with Crippen molar-refractivity contribution in [2.75, 3.05) is 0 Å². The third-order valence-electron chi connectivity index (χ3n) is 3.01. The summed E-state index contributed by atoms with van der Waals surface area (Å²) in [4.78, 5) is 4.51. The quantitative estimate of drug-likeness (QED) is 0.908. The van der Waals surface area contributed by atoms with Gasteiger partial charge in [-0.1, -0.05) is 37.6 Å². The van der Waals surface area contributed by atoms with E-state index >= 15 is 0 Å². The van der Waals surface area contributed by atoms with Crippen LogP contribution in [0.15, 0.2) is 36.4 Å². The fourth-order valence-electron chi connectivity index (χ4n) is 1.81. The Balaban J connectivity index is 2.12. The molecule has 0 aliphatic carbocycles. The highest BCUT2D eigenvalue weighted by Crippen LogP contribution is 2.20. The maximum atomic E-state index is 5.86. The first kappa shape index (κ1) is 14.8. The van der Waals surface area contributed by atoms with E-state index in [1.807, 2.05) is 36.4 Å². The minimum Gasteiger partial charge on any atom is -0.473 e. The number of nitrogens with two attached hydrogens (primary N) is 1. The summed E-state index contributed by atoms with van der Waals surface area (Å²) in [7, 11) is 0. The first-order valence-corrected chi connectivity index (χ1v) is 7.04. The maximum absolute atomic E-state index is 5.86. The molecule has 106 valence electrons. The summed E-state index contributed by atoms with van der Waals surface area (Å²) in [5.41, 5.74) is 8.81. The number of rotatable bonds is 5. The molecule has 1 heterocycles. The van der Waals surface area contributed by atoms with Crippen molar-refractivity contribution in [2.24, 2.45) is 5.73 Å². The van der Waals surface area contributed by atoms with Crippen LogP contribution in [-0.2, 0) is 13.2 Å². The van der Waals surface area contributed by atoms with Crippen molar-refractivity contribution in [3.8, 4) is 5.88 Å². The zero-order chi connectivity index (χ0) is 14.5. The van der Waals surface area contributed by atoms with E-state index in [4.69, 9.17) is 22.1 Å². The SMILES string of the molecule is CC(C)c1cc(CN)cc(OCc2ccc(Cl)cc2)n1.